The maximum Gasteiger partial charge on any atom is 0.0130 e. The van der Waals surface area contributed by atoms with Crippen molar-refractivity contribution in [1.82, 2.24) is 4.90 Å². The molecule has 0 aliphatic rings. The van der Waals surface area contributed by atoms with Crippen LogP contribution in [0, 0.1) is 0 Å². The molecule has 0 radical (unpaired) electrons. The summed E-state index contributed by atoms with van der Waals surface area (Å²) in [6.07, 6.45) is 15.3. The van der Waals surface area contributed by atoms with Gasteiger partial charge in [0, 0.05) is 6.04 Å². The van der Waals surface area contributed by atoms with Gasteiger partial charge in [-0.2, -0.15) is 0 Å². The Labute approximate surface area is 139 Å². The fourth-order valence-corrected chi connectivity index (χ4v) is 3.12. The summed E-state index contributed by atoms with van der Waals surface area (Å²) < 4.78 is 0. The average molecular weight is 304 g/mol. The van der Waals surface area contributed by atoms with Crippen molar-refractivity contribution < 1.29 is 0 Å². The van der Waals surface area contributed by atoms with Crippen molar-refractivity contribution >= 4 is 0 Å². The van der Waals surface area contributed by atoms with Gasteiger partial charge in [0.05, 0.1) is 0 Å². The van der Waals surface area contributed by atoms with Crippen LogP contribution in [-0.2, 0) is 6.42 Å². The summed E-state index contributed by atoms with van der Waals surface area (Å²) in [7, 11) is 4.45. The van der Waals surface area contributed by atoms with Crippen LogP contribution in [0.3, 0.4) is 0 Å². The fourth-order valence-electron chi connectivity index (χ4n) is 3.12. The van der Waals surface area contributed by atoms with Crippen LogP contribution in [0.5, 0.6) is 0 Å². The predicted octanol–water partition coefficient (Wildman–Crippen LogP) is 6.08. The smallest absolute Gasteiger partial charge is 0.0130 e. The maximum absolute atomic E-state index is 2.40. The Kier molecular flexibility index (Phi) is 11.1. The van der Waals surface area contributed by atoms with Crippen molar-refractivity contribution in [2.24, 2.45) is 0 Å². The molecule has 0 N–H and O–H groups in total. The Morgan fingerprint density at radius 3 is 1.86 bits per heavy atom. The van der Waals surface area contributed by atoms with Crippen LogP contribution in [0.2, 0.25) is 0 Å². The first-order valence-corrected chi connectivity index (χ1v) is 9.44. The third-order valence-electron chi connectivity index (χ3n) is 4.69. The molecule has 1 nitrogen and oxygen atoms in total. The van der Waals surface area contributed by atoms with Gasteiger partial charge in [0.2, 0.25) is 0 Å². The fraction of sp³-hybridized carbons (Fsp3) is 0.714. The van der Waals surface area contributed by atoms with Gasteiger partial charge in [0.25, 0.3) is 0 Å². The van der Waals surface area contributed by atoms with Gasteiger partial charge in [-0.25, -0.2) is 0 Å². The topological polar surface area (TPSA) is 3.24 Å². The third-order valence-corrected chi connectivity index (χ3v) is 4.69. The van der Waals surface area contributed by atoms with E-state index in [4.69, 9.17) is 0 Å². The summed E-state index contributed by atoms with van der Waals surface area (Å²) in [5.74, 6) is 0. The molecular formula is C21H37N. The van der Waals surface area contributed by atoms with E-state index in [0.29, 0.717) is 6.04 Å². The highest BCUT2D eigenvalue weighted by Gasteiger charge is 2.11. The number of benzene rings is 1. The largest absolute Gasteiger partial charge is 0.306 e. The van der Waals surface area contributed by atoms with Crippen LogP contribution in [0.15, 0.2) is 30.3 Å². The molecule has 0 saturated carbocycles. The quantitative estimate of drug-likeness (QED) is 0.399. The standard InChI is InChI=1S/C21H37N/c1-4-5-6-7-8-9-10-11-15-18-21(22(2)3)19-20-16-13-12-14-17-20/h12-14,16-17,21H,4-11,15,18-19H2,1-3H3/t21-/m1/s1. The van der Waals surface area contributed by atoms with Crippen molar-refractivity contribution in [2.45, 2.75) is 83.6 Å². The Morgan fingerprint density at radius 1 is 0.773 bits per heavy atom. The average Bonchev–Trinajstić information content (AvgIpc) is 2.53. The lowest BCUT2D eigenvalue weighted by Gasteiger charge is -2.24. The second-order valence-electron chi connectivity index (χ2n) is 6.92. The lowest BCUT2D eigenvalue weighted by Crippen LogP contribution is -2.30. The molecular weight excluding hydrogens is 266 g/mol. The molecule has 0 aliphatic heterocycles. The minimum atomic E-state index is 0.687. The van der Waals surface area contributed by atoms with E-state index in [1.54, 1.807) is 0 Å². The number of hydrogen-bond acceptors (Lipinski definition) is 1. The van der Waals surface area contributed by atoms with E-state index in [-0.39, 0.29) is 0 Å². The summed E-state index contributed by atoms with van der Waals surface area (Å²) in [6, 6.07) is 11.6. The minimum absolute atomic E-state index is 0.687. The normalized spacial score (nSPS) is 12.7. The van der Waals surface area contributed by atoms with Gasteiger partial charge in [-0.3, -0.25) is 0 Å². The molecule has 126 valence electrons. The van der Waals surface area contributed by atoms with Crippen LogP contribution < -0.4 is 0 Å². The molecule has 0 amide bonds. The van der Waals surface area contributed by atoms with Gasteiger partial charge >= 0.3 is 0 Å². The van der Waals surface area contributed by atoms with Gasteiger partial charge in [-0.05, 0) is 32.5 Å². The first kappa shape index (κ1) is 19.2. The Morgan fingerprint density at radius 2 is 1.32 bits per heavy atom. The van der Waals surface area contributed by atoms with Gasteiger partial charge in [0.1, 0.15) is 0 Å². The first-order chi connectivity index (χ1) is 10.7. The van der Waals surface area contributed by atoms with Crippen molar-refractivity contribution in [2.75, 3.05) is 14.1 Å². The second-order valence-corrected chi connectivity index (χ2v) is 6.92. The highest BCUT2D eigenvalue weighted by Crippen LogP contribution is 2.15. The number of nitrogens with zero attached hydrogens (tertiary/aromatic N) is 1. The first-order valence-electron chi connectivity index (χ1n) is 9.44. The number of rotatable bonds is 13. The van der Waals surface area contributed by atoms with Crippen molar-refractivity contribution in [3.05, 3.63) is 35.9 Å². The van der Waals surface area contributed by atoms with E-state index in [9.17, 15) is 0 Å². The van der Waals surface area contributed by atoms with Gasteiger partial charge < -0.3 is 4.90 Å². The van der Waals surface area contributed by atoms with Crippen LogP contribution in [-0.4, -0.2) is 25.0 Å². The number of likely N-dealkylation sites (N-methyl/N-ethyl adjacent to an activating group) is 1. The predicted molar refractivity (Wildman–Crippen MR) is 99.5 cm³/mol. The SMILES string of the molecule is CCCCCCCCCCC[C@H](Cc1ccccc1)N(C)C. The minimum Gasteiger partial charge on any atom is -0.306 e. The lowest BCUT2D eigenvalue weighted by molar-refractivity contribution is 0.269. The highest BCUT2D eigenvalue weighted by atomic mass is 15.1. The maximum atomic E-state index is 2.40. The number of unbranched alkanes of at least 4 members (excludes halogenated alkanes) is 8. The molecule has 22 heavy (non-hydrogen) atoms. The highest BCUT2D eigenvalue weighted by molar-refractivity contribution is 5.15. The molecule has 0 aliphatic carbocycles. The molecule has 0 heterocycles. The summed E-state index contributed by atoms with van der Waals surface area (Å²) in [6.45, 7) is 2.29. The monoisotopic (exact) mass is 303 g/mol. The van der Waals surface area contributed by atoms with E-state index in [1.165, 1.54) is 76.2 Å². The van der Waals surface area contributed by atoms with E-state index in [2.05, 4.69) is 56.3 Å². The molecule has 1 rings (SSSR count). The molecule has 1 aromatic carbocycles. The molecule has 0 spiro atoms. The molecule has 0 fully saturated rings. The van der Waals surface area contributed by atoms with E-state index in [1.807, 2.05) is 0 Å². The van der Waals surface area contributed by atoms with Crippen molar-refractivity contribution in [3.8, 4) is 0 Å². The van der Waals surface area contributed by atoms with Crippen LogP contribution in [0.25, 0.3) is 0 Å². The summed E-state index contributed by atoms with van der Waals surface area (Å²) in [4.78, 5) is 2.40. The zero-order valence-electron chi connectivity index (χ0n) is 15.2. The molecule has 1 aromatic rings. The third kappa shape index (κ3) is 9.25. The van der Waals surface area contributed by atoms with E-state index in [0.717, 1.165) is 0 Å². The molecule has 0 bridgehead atoms. The van der Waals surface area contributed by atoms with Gasteiger partial charge in [-0.1, -0.05) is 95.0 Å². The molecule has 0 aromatic heterocycles. The second kappa shape index (κ2) is 12.7. The van der Waals surface area contributed by atoms with Crippen LogP contribution in [0.4, 0.5) is 0 Å². The number of hydrogen-bond donors (Lipinski definition) is 0. The van der Waals surface area contributed by atoms with Crippen molar-refractivity contribution in [3.63, 3.8) is 0 Å². The summed E-state index contributed by atoms with van der Waals surface area (Å²) in [5, 5.41) is 0. The van der Waals surface area contributed by atoms with Gasteiger partial charge in [0.15, 0.2) is 0 Å². The van der Waals surface area contributed by atoms with Gasteiger partial charge in [-0.15, -0.1) is 0 Å². The molecule has 1 atom stereocenters. The molecule has 1 heteroatoms. The zero-order valence-corrected chi connectivity index (χ0v) is 15.2. The lowest BCUT2D eigenvalue weighted by atomic mass is 9.98. The summed E-state index contributed by atoms with van der Waals surface area (Å²) in [5.41, 5.74) is 1.47. The summed E-state index contributed by atoms with van der Waals surface area (Å²) >= 11 is 0. The van der Waals surface area contributed by atoms with Crippen molar-refractivity contribution in [1.29, 1.82) is 0 Å². The Bertz CT molecular complexity index is 344. The van der Waals surface area contributed by atoms with E-state index >= 15 is 0 Å². The van der Waals surface area contributed by atoms with Crippen LogP contribution in [0.1, 0.15) is 76.7 Å². The Balaban J connectivity index is 2.09. The van der Waals surface area contributed by atoms with Crippen LogP contribution >= 0.6 is 0 Å². The molecule has 0 saturated heterocycles. The zero-order chi connectivity index (χ0) is 16.0. The Hall–Kier alpha value is -0.820. The van der Waals surface area contributed by atoms with E-state index < -0.39 is 0 Å². The molecule has 0 unspecified atom stereocenters.